The first-order valence-corrected chi connectivity index (χ1v) is 6.02. The second-order valence-electron chi connectivity index (χ2n) is 4.59. The second-order valence-corrected chi connectivity index (χ2v) is 4.59. The molecule has 0 aromatic carbocycles. The van der Waals surface area contributed by atoms with Crippen molar-refractivity contribution in [2.24, 2.45) is 0 Å². The van der Waals surface area contributed by atoms with Crippen molar-refractivity contribution < 1.29 is 4.79 Å². The van der Waals surface area contributed by atoms with Crippen molar-refractivity contribution in [2.45, 2.75) is 32.2 Å². The van der Waals surface area contributed by atoms with E-state index < -0.39 is 0 Å². The fourth-order valence-corrected chi connectivity index (χ4v) is 2.37. The zero-order valence-corrected chi connectivity index (χ0v) is 9.54. The van der Waals surface area contributed by atoms with Gasteiger partial charge in [-0.2, -0.15) is 0 Å². The number of likely N-dealkylation sites (tertiary alicyclic amines) is 1. The zero-order chi connectivity index (χ0) is 10.7. The van der Waals surface area contributed by atoms with Crippen LogP contribution in [-0.2, 0) is 4.79 Å². The highest BCUT2D eigenvalue weighted by Crippen LogP contribution is 2.09. The van der Waals surface area contributed by atoms with Crippen molar-refractivity contribution in [2.75, 3.05) is 32.8 Å². The molecular formula is C11H21N3O. The average molecular weight is 211 g/mol. The van der Waals surface area contributed by atoms with E-state index in [1.807, 2.05) is 11.8 Å². The van der Waals surface area contributed by atoms with Crippen molar-refractivity contribution in [3.05, 3.63) is 0 Å². The van der Waals surface area contributed by atoms with E-state index in [1.54, 1.807) is 0 Å². The fourth-order valence-electron chi connectivity index (χ4n) is 2.37. The molecule has 15 heavy (non-hydrogen) atoms. The lowest BCUT2D eigenvalue weighted by Gasteiger charge is -2.18. The standard InChI is InChI=1S/C11H21N3O/c1-10-11(15)14(9-12-10)8-4-7-13-5-2-3-6-13/h10,12H,2-9H2,1H3. The van der Waals surface area contributed by atoms with Crippen LogP contribution in [0.25, 0.3) is 0 Å². The molecule has 1 amide bonds. The number of nitrogens with zero attached hydrogens (tertiary/aromatic N) is 2. The maximum Gasteiger partial charge on any atom is 0.240 e. The quantitative estimate of drug-likeness (QED) is 0.724. The minimum atomic E-state index is 0.0248. The molecule has 2 saturated heterocycles. The largest absolute Gasteiger partial charge is 0.329 e. The van der Waals surface area contributed by atoms with Crippen LogP contribution in [0.1, 0.15) is 26.2 Å². The van der Waals surface area contributed by atoms with Crippen molar-refractivity contribution in [1.82, 2.24) is 15.1 Å². The van der Waals surface area contributed by atoms with Crippen LogP contribution in [0.15, 0.2) is 0 Å². The van der Waals surface area contributed by atoms with Crippen LogP contribution < -0.4 is 5.32 Å². The molecule has 2 fully saturated rings. The molecule has 0 aromatic heterocycles. The van der Waals surface area contributed by atoms with E-state index in [1.165, 1.54) is 25.9 Å². The Hall–Kier alpha value is -0.610. The highest BCUT2D eigenvalue weighted by molar-refractivity contribution is 5.83. The molecule has 2 aliphatic rings. The predicted octanol–water partition coefficient (Wildman–Crippen LogP) is 0.250. The summed E-state index contributed by atoms with van der Waals surface area (Å²) in [5, 5.41) is 3.16. The molecule has 0 saturated carbocycles. The number of amides is 1. The maximum atomic E-state index is 11.6. The molecule has 0 spiro atoms. The van der Waals surface area contributed by atoms with E-state index in [-0.39, 0.29) is 11.9 Å². The van der Waals surface area contributed by atoms with Gasteiger partial charge in [0.2, 0.25) is 5.91 Å². The summed E-state index contributed by atoms with van der Waals surface area (Å²) >= 11 is 0. The van der Waals surface area contributed by atoms with Crippen LogP contribution in [0.2, 0.25) is 0 Å². The molecule has 86 valence electrons. The van der Waals surface area contributed by atoms with Gasteiger partial charge in [0, 0.05) is 6.54 Å². The first-order valence-electron chi connectivity index (χ1n) is 6.02. The number of rotatable bonds is 4. The van der Waals surface area contributed by atoms with Gasteiger partial charge >= 0.3 is 0 Å². The van der Waals surface area contributed by atoms with Crippen molar-refractivity contribution in [3.63, 3.8) is 0 Å². The van der Waals surface area contributed by atoms with Crippen LogP contribution in [0.5, 0.6) is 0 Å². The molecular weight excluding hydrogens is 190 g/mol. The number of carbonyl (C=O) groups excluding carboxylic acids is 1. The Balaban J connectivity index is 1.63. The number of hydrogen-bond donors (Lipinski definition) is 1. The minimum absolute atomic E-state index is 0.0248. The smallest absolute Gasteiger partial charge is 0.240 e. The summed E-state index contributed by atoms with van der Waals surface area (Å²) in [4.78, 5) is 16.0. The van der Waals surface area contributed by atoms with Gasteiger partial charge in [-0.3, -0.25) is 10.1 Å². The van der Waals surface area contributed by atoms with Gasteiger partial charge in [-0.05, 0) is 45.8 Å². The lowest BCUT2D eigenvalue weighted by Crippen LogP contribution is -2.31. The Kier molecular flexibility index (Phi) is 3.59. The molecule has 2 heterocycles. The summed E-state index contributed by atoms with van der Waals surface area (Å²) in [6, 6.07) is 0.0248. The molecule has 4 nitrogen and oxygen atoms in total. The number of carbonyl (C=O) groups is 1. The topological polar surface area (TPSA) is 35.6 Å². The van der Waals surface area contributed by atoms with Gasteiger partial charge in [0.05, 0.1) is 12.7 Å². The van der Waals surface area contributed by atoms with Crippen LogP contribution in [0, 0.1) is 0 Å². The summed E-state index contributed by atoms with van der Waals surface area (Å²) in [7, 11) is 0. The average Bonchev–Trinajstić information content (AvgIpc) is 2.83. The van der Waals surface area contributed by atoms with Gasteiger partial charge < -0.3 is 9.80 Å². The van der Waals surface area contributed by atoms with Crippen molar-refractivity contribution in [1.29, 1.82) is 0 Å². The number of hydrogen-bond acceptors (Lipinski definition) is 3. The highest BCUT2D eigenvalue weighted by atomic mass is 16.2. The van der Waals surface area contributed by atoms with E-state index in [9.17, 15) is 4.79 Å². The van der Waals surface area contributed by atoms with E-state index >= 15 is 0 Å². The molecule has 1 atom stereocenters. The summed E-state index contributed by atoms with van der Waals surface area (Å²) in [6.45, 7) is 7.23. The highest BCUT2D eigenvalue weighted by Gasteiger charge is 2.26. The molecule has 1 N–H and O–H groups in total. The Bertz CT molecular complexity index is 226. The van der Waals surface area contributed by atoms with Gasteiger partial charge in [0.25, 0.3) is 0 Å². The minimum Gasteiger partial charge on any atom is -0.329 e. The van der Waals surface area contributed by atoms with Crippen LogP contribution in [0.3, 0.4) is 0 Å². The third-order valence-electron chi connectivity index (χ3n) is 3.37. The Labute approximate surface area is 91.6 Å². The summed E-state index contributed by atoms with van der Waals surface area (Å²) in [5.41, 5.74) is 0. The SMILES string of the molecule is CC1NCN(CCCN2CCCC2)C1=O. The molecule has 1 unspecified atom stereocenters. The van der Waals surface area contributed by atoms with E-state index in [0.29, 0.717) is 0 Å². The Morgan fingerprint density at radius 1 is 1.33 bits per heavy atom. The first-order chi connectivity index (χ1) is 7.27. The molecule has 4 heteroatoms. The summed E-state index contributed by atoms with van der Waals surface area (Å²) < 4.78 is 0. The van der Waals surface area contributed by atoms with Gasteiger partial charge in [-0.1, -0.05) is 0 Å². The predicted molar refractivity (Wildman–Crippen MR) is 59.5 cm³/mol. The lowest BCUT2D eigenvalue weighted by atomic mass is 10.3. The third kappa shape index (κ3) is 2.69. The van der Waals surface area contributed by atoms with Gasteiger partial charge in [-0.15, -0.1) is 0 Å². The monoisotopic (exact) mass is 211 g/mol. The van der Waals surface area contributed by atoms with Crippen LogP contribution >= 0.6 is 0 Å². The van der Waals surface area contributed by atoms with Crippen LogP contribution in [0.4, 0.5) is 0 Å². The van der Waals surface area contributed by atoms with E-state index in [0.717, 1.165) is 26.2 Å². The summed E-state index contributed by atoms with van der Waals surface area (Å²) in [5.74, 6) is 0.261. The molecule has 0 radical (unpaired) electrons. The fraction of sp³-hybridized carbons (Fsp3) is 0.909. The molecule has 0 aromatic rings. The normalized spacial score (nSPS) is 27.9. The summed E-state index contributed by atoms with van der Waals surface area (Å²) in [6.07, 6.45) is 3.81. The molecule has 0 aliphatic carbocycles. The van der Waals surface area contributed by atoms with Gasteiger partial charge in [-0.25, -0.2) is 0 Å². The first kappa shape index (κ1) is 10.9. The maximum absolute atomic E-state index is 11.6. The zero-order valence-electron chi connectivity index (χ0n) is 9.54. The van der Waals surface area contributed by atoms with E-state index in [4.69, 9.17) is 0 Å². The molecule has 2 aliphatic heterocycles. The Morgan fingerprint density at radius 3 is 2.67 bits per heavy atom. The van der Waals surface area contributed by atoms with Gasteiger partial charge in [0.1, 0.15) is 0 Å². The molecule has 0 bridgehead atoms. The Morgan fingerprint density at radius 2 is 2.07 bits per heavy atom. The third-order valence-corrected chi connectivity index (χ3v) is 3.37. The molecule has 2 rings (SSSR count). The van der Waals surface area contributed by atoms with Crippen molar-refractivity contribution in [3.8, 4) is 0 Å². The van der Waals surface area contributed by atoms with Crippen molar-refractivity contribution >= 4 is 5.91 Å². The van der Waals surface area contributed by atoms with E-state index in [2.05, 4.69) is 10.2 Å². The number of nitrogens with one attached hydrogen (secondary N) is 1. The van der Waals surface area contributed by atoms with Gasteiger partial charge in [0.15, 0.2) is 0 Å². The van der Waals surface area contributed by atoms with Crippen LogP contribution in [-0.4, -0.2) is 54.6 Å². The second kappa shape index (κ2) is 4.94. The lowest BCUT2D eigenvalue weighted by molar-refractivity contribution is -0.128.